The number of aromatic amines is 1. The number of aliphatic hydroxyl groups is 1. The first-order valence-corrected chi connectivity index (χ1v) is 17.0. The fourth-order valence-electron chi connectivity index (χ4n) is 5.67. The molecule has 2 aromatic carbocycles. The molecule has 0 spiro atoms. The second-order valence-electron chi connectivity index (χ2n) is 12.4. The molecule has 0 amide bonds. The zero-order valence-corrected chi connectivity index (χ0v) is 27.7. The van der Waals surface area contributed by atoms with E-state index in [9.17, 15) is 26.7 Å². The maximum atomic E-state index is 13.1. The number of rotatable bonds is 11. The summed E-state index contributed by atoms with van der Waals surface area (Å²) in [6.45, 7) is 9.49. The number of nitrogens with zero attached hydrogens (tertiary/aromatic N) is 4. The van der Waals surface area contributed by atoms with E-state index in [1.165, 1.54) is 0 Å². The average Bonchev–Trinajstić information content (AvgIpc) is 3.47. The van der Waals surface area contributed by atoms with Crippen molar-refractivity contribution < 1.29 is 31.4 Å². The van der Waals surface area contributed by atoms with Crippen LogP contribution < -0.4 is 15.4 Å². The number of anilines is 4. The molecular weight excluding hydrogens is 635 g/mol. The molecule has 11 nitrogen and oxygen atoms in total. The lowest BCUT2D eigenvalue weighted by Gasteiger charge is -2.34. The van der Waals surface area contributed by atoms with Crippen LogP contribution in [0.25, 0.3) is 11.0 Å². The molecule has 4 aromatic rings. The van der Waals surface area contributed by atoms with Crippen LogP contribution in [0.15, 0.2) is 47.5 Å². The number of likely N-dealkylation sites (tertiary alicyclic amines) is 1. The van der Waals surface area contributed by atoms with Crippen molar-refractivity contribution >= 4 is 44.0 Å². The maximum Gasteiger partial charge on any atom is 0.415 e. The first-order chi connectivity index (χ1) is 22.1. The standard InChI is InChI=1S/C32H40F3N7O4S/c1-18(2)46-26-15-22(21-10-12-42(13-11-21)17-28(43)32(33,34)35)20(5)14-25(26)38-31-39-29(23-16-36-41-30(23)40-31)37-24-8-6-7-9-27(24)47(44,45)19(3)4/h6-9,14-16,18-19,21,28,43H,10-13,17H2,1-5H3,(H3,36,37,38,39,40,41)/t28-/m1/s1. The van der Waals surface area contributed by atoms with Gasteiger partial charge in [-0.25, -0.2) is 8.42 Å². The summed E-state index contributed by atoms with van der Waals surface area (Å²) in [7, 11) is -3.60. The number of benzene rings is 2. The first kappa shape index (κ1) is 34.4. The van der Waals surface area contributed by atoms with Crippen molar-refractivity contribution in [2.75, 3.05) is 30.3 Å². The Morgan fingerprint density at radius 1 is 1.06 bits per heavy atom. The van der Waals surface area contributed by atoms with Crippen LogP contribution in [-0.2, 0) is 9.84 Å². The molecule has 3 heterocycles. The van der Waals surface area contributed by atoms with Crippen LogP contribution >= 0.6 is 0 Å². The number of H-pyrrole nitrogens is 1. The molecule has 0 bridgehead atoms. The van der Waals surface area contributed by atoms with Gasteiger partial charge in [0.05, 0.1) is 39.2 Å². The Morgan fingerprint density at radius 3 is 2.43 bits per heavy atom. The van der Waals surface area contributed by atoms with Crippen molar-refractivity contribution in [3.63, 3.8) is 0 Å². The van der Waals surface area contributed by atoms with Crippen molar-refractivity contribution in [1.82, 2.24) is 25.1 Å². The van der Waals surface area contributed by atoms with Gasteiger partial charge in [0, 0.05) is 6.54 Å². The van der Waals surface area contributed by atoms with Gasteiger partial charge in [-0.05, 0) is 102 Å². The minimum atomic E-state index is -4.64. The Kier molecular flexibility index (Phi) is 9.99. The summed E-state index contributed by atoms with van der Waals surface area (Å²) in [5, 5.41) is 22.9. The molecule has 0 aliphatic carbocycles. The van der Waals surface area contributed by atoms with Crippen molar-refractivity contribution in [3.8, 4) is 5.75 Å². The number of aryl methyl sites for hydroxylation is 1. The third-order valence-corrected chi connectivity index (χ3v) is 10.4. The number of sulfone groups is 1. The minimum Gasteiger partial charge on any atom is -0.489 e. The SMILES string of the molecule is Cc1cc(Nc2nc(Nc3ccccc3S(=O)(=O)C(C)C)c3cn[nH]c3n2)c(OC(C)C)cc1C1CCN(C[C@@H](O)C(F)(F)F)CC1. The number of alkyl halides is 3. The zero-order chi connectivity index (χ0) is 34.1. The predicted molar refractivity (Wildman–Crippen MR) is 174 cm³/mol. The van der Waals surface area contributed by atoms with E-state index in [4.69, 9.17) is 9.72 Å². The molecule has 254 valence electrons. The van der Waals surface area contributed by atoms with Gasteiger partial charge in [-0.1, -0.05) is 12.1 Å². The topological polar surface area (TPSA) is 145 Å². The molecule has 5 rings (SSSR count). The summed E-state index contributed by atoms with van der Waals surface area (Å²) >= 11 is 0. The van der Waals surface area contributed by atoms with Crippen LogP contribution in [0.4, 0.5) is 36.3 Å². The van der Waals surface area contributed by atoms with E-state index in [0.717, 1.165) is 11.1 Å². The van der Waals surface area contributed by atoms with Crippen LogP contribution in [0, 0.1) is 6.92 Å². The molecular formula is C32H40F3N7O4S. The first-order valence-electron chi connectivity index (χ1n) is 15.5. The van der Waals surface area contributed by atoms with E-state index in [2.05, 4.69) is 25.8 Å². The second-order valence-corrected chi connectivity index (χ2v) is 14.8. The molecule has 0 unspecified atom stereocenters. The average molecular weight is 676 g/mol. The fourth-order valence-corrected chi connectivity index (χ4v) is 6.88. The lowest BCUT2D eigenvalue weighted by Crippen LogP contribution is -2.44. The lowest BCUT2D eigenvalue weighted by atomic mass is 9.86. The van der Waals surface area contributed by atoms with Crippen molar-refractivity contribution in [3.05, 3.63) is 53.7 Å². The second kappa shape index (κ2) is 13.6. The Bertz CT molecular complexity index is 1820. The Hall–Kier alpha value is -3.95. The highest BCUT2D eigenvalue weighted by Crippen LogP contribution is 2.39. The van der Waals surface area contributed by atoms with Crippen LogP contribution in [0.1, 0.15) is 57.6 Å². The van der Waals surface area contributed by atoms with E-state index in [1.54, 1.807) is 49.2 Å². The Labute approximate surface area is 271 Å². The number of hydrogen-bond donors (Lipinski definition) is 4. The van der Waals surface area contributed by atoms with Crippen molar-refractivity contribution in [2.45, 2.75) is 81.9 Å². The summed E-state index contributed by atoms with van der Waals surface area (Å²) in [4.78, 5) is 11.1. The van der Waals surface area contributed by atoms with Crippen LogP contribution in [0.2, 0.25) is 0 Å². The van der Waals surface area contributed by atoms with Gasteiger partial charge in [0.1, 0.15) is 11.6 Å². The summed E-state index contributed by atoms with van der Waals surface area (Å²) in [5.74, 6) is 1.23. The number of halogens is 3. The summed E-state index contributed by atoms with van der Waals surface area (Å²) in [6, 6.07) is 10.5. The highest BCUT2D eigenvalue weighted by atomic mass is 32.2. The normalized spacial score (nSPS) is 15.8. The van der Waals surface area contributed by atoms with E-state index >= 15 is 0 Å². The number of β-amino-alcohol motifs (C(OH)–C–C–N with tert-alkyl or cyclic N) is 1. The van der Waals surface area contributed by atoms with E-state index in [-0.39, 0.29) is 22.9 Å². The molecule has 0 radical (unpaired) electrons. The molecule has 15 heteroatoms. The highest BCUT2D eigenvalue weighted by molar-refractivity contribution is 7.92. The molecule has 2 aromatic heterocycles. The Balaban J connectivity index is 1.42. The van der Waals surface area contributed by atoms with Crippen LogP contribution in [-0.4, -0.2) is 81.9 Å². The third kappa shape index (κ3) is 7.79. The van der Waals surface area contributed by atoms with E-state index in [1.807, 2.05) is 32.9 Å². The van der Waals surface area contributed by atoms with Gasteiger partial charge in [-0.15, -0.1) is 0 Å². The third-order valence-electron chi connectivity index (χ3n) is 8.19. The fraction of sp³-hybridized carbons (Fsp3) is 0.469. The quantitative estimate of drug-likeness (QED) is 0.145. The number of nitrogens with one attached hydrogen (secondary N) is 3. The van der Waals surface area contributed by atoms with Gasteiger partial charge in [0.15, 0.2) is 21.6 Å². The van der Waals surface area contributed by atoms with Gasteiger partial charge in [-0.3, -0.25) is 5.10 Å². The van der Waals surface area contributed by atoms with E-state index < -0.39 is 33.9 Å². The largest absolute Gasteiger partial charge is 0.489 e. The van der Waals surface area contributed by atoms with E-state index in [0.29, 0.717) is 59.9 Å². The van der Waals surface area contributed by atoms with Gasteiger partial charge < -0.3 is 25.4 Å². The molecule has 4 N–H and O–H groups in total. The van der Waals surface area contributed by atoms with Gasteiger partial charge >= 0.3 is 6.18 Å². The van der Waals surface area contributed by atoms with Gasteiger partial charge in [0.2, 0.25) is 5.95 Å². The summed E-state index contributed by atoms with van der Waals surface area (Å²) < 4.78 is 71.0. The monoisotopic (exact) mass is 675 g/mol. The number of para-hydroxylation sites is 1. The van der Waals surface area contributed by atoms with Gasteiger partial charge in [-0.2, -0.15) is 28.2 Å². The van der Waals surface area contributed by atoms with Crippen LogP contribution in [0.3, 0.4) is 0 Å². The van der Waals surface area contributed by atoms with Crippen molar-refractivity contribution in [1.29, 1.82) is 0 Å². The predicted octanol–water partition coefficient (Wildman–Crippen LogP) is 6.22. The van der Waals surface area contributed by atoms with Crippen molar-refractivity contribution in [2.24, 2.45) is 0 Å². The molecule has 1 atom stereocenters. The Morgan fingerprint density at radius 2 is 1.77 bits per heavy atom. The number of hydrogen-bond acceptors (Lipinski definition) is 10. The number of aliphatic hydroxyl groups excluding tert-OH is 1. The smallest absolute Gasteiger partial charge is 0.415 e. The number of piperidine rings is 1. The number of ether oxygens (including phenoxy) is 1. The zero-order valence-electron chi connectivity index (χ0n) is 26.9. The van der Waals surface area contributed by atoms with Gasteiger partial charge in [0.25, 0.3) is 0 Å². The number of fused-ring (bicyclic) bond motifs is 1. The number of aromatic nitrogens is 4. The maximum absolute atomic E-state index is 13.1. The highest BCUT2D eigenvalue weighted by Gasteiger charge is 2.39. The summed E-state index contributed by atoms with van der Waals surface area (Å²) in [6.07, 6.45) is -4.32. The molecule has 1 aliphatic rings. The lowest BCUT2D eigenvalue weighted by molar-refractivity contribution is -0.208. The van der Waals surface area contributed by atoms with Crippen LogP contribution in [0.5, 0.6) is 5.75 Å². The summed E-state index contributed by atoms with van der Waals surface area (Å²) in [5.41, 5.74) is 3.41. The molecule has 47 heavy (non-hydrogen) atoms. The molecule has 0 saturated carbocycles. The minimum absolute atomic E-state index is 0.105. The molecule has 1 aliphatic heterocycles. The molecule has 1 fully saturated rings. The molecule has 1 saturated heterocycles.